The number of hydrogen-bond acceptors (Lipinski definition) is 0. The summed E-state index contributed by atoms with van der Waals surface area (Å²) in [4.78, 5) is 0. The Kier molecular flexibility index (Phi) is 2.09. The third-order valence-corrected chi connectivity index (χ3v) is 4.71. The highest BCUT2D eigenvalue weighted by Crippen LogP contribution is 2.47. The highest BCUT2D eigenvalue weighted by molar-refractivity contribution is 6.04. The molecule has 0 spiro atoms. The Balaban J connectivity index is 1.81. The van der Waals surface area contributed by atoms with Crippen LogP contribution in [0.3, 0.4) is 0 Å². The number of fused-ring (bicyclic) bond motifs is 7. The average Bonchev–Trinajstić information content (AvgIpc) is 2.93. The first-order valence-corrected chi connectivity index (χ1v) is 7.43. The van der Waals surface area contributed by atoms with Gasteiger partial charge in [0.05, 0.1) is 0 Å². The van der Waals surface area contributed by atoms with E-state index < -0.39 is 0 Å². The van der Waals surface area contributed by atoms with Gasteiger partial charge in [0.15, 0.2) is 0 Å². The van der Waals surface area contributed by atoms with E-state index in [1.807, 2.05) is 0 Å². The van der Waals surface area contributed by atoms with Crippen LogP contribution in [0.15, 0.2) is 66.7 Å². The van der Waals surface area contributed by atoms with Crippen LogP contribution in [0.5, 0.6) is 0 Å². The zero-order chi connectivity index (χ0) is 13.8. The van der Waals surface area contributed by atoms with E-state index in [4.69, 9.17) is 0 Å². The molecule has 98 valence electrons. The lowest BCUT2D eigenvalue weighted by atomic mass is 9.82. The molecule has 0 bridgehead atoms. The lowest BCUT2D eigenvalue weighted by Gasteiger charge is -2.21. The predicted molar refractivity (Wildman–Crippen MR) is 90.0 cm³/mol. The Morgan fingerprint density at radius 3 is 2.62 bits per heavy atom. The van der Waals surface area contributed by atoms with Crippen LogP contribution in [0.25, 0.3) is 28.5 Å². The molecular weight excluding hydrogens is 252 g/mol. The smallest absolute Gasteiger partial charge is 0.0285 e. The van der Waals surface area contributed by atoms with Gasteiger partial charge in [-0.2, -0.15) is 0 Å². The first-order valence-electron chi connectivity index (χ1n) is 7.43. The summed E-state index contributed by atoms with van der Waals surface area (Å²) in [5.74, 6) is 0.426. The van der Waals surface area contributed by atoms with Crippen LogP contribution >= 0.6 is 0 Å². The van der Waals surface area contributed by atoms with Gasteiger partial charge in [0.25, 0.3) is 0 Å². The third-order valence-electron chi connectivity index (χ3n) is 4.71. The fraction of sp³-hybridized carbons (Fsp3) is 0.0476. The van der Waals surface area contributed by atoms with Gasteiger partial charge in [-0.05, 0) is 44.7 Å². The van der Waals surface area contributed by atoms with E-state index in [1.54, 1.807) is 0 Å². The molecule has 0 amide bonds. The molecule has 2 aliphatic carbocycles. The summed E-state index contributed by atoms with van der Waals surface area (Å²) in [6.45, 7) is 0. The first-order chi connectivity index (χ1) is 10.4. The Morgan fingerprint density at radius 2 is 1.62 bits per heavy atom. The van der Waals surface area contributed by atoms with E-state index in [-0.39, 0.29) is 0 Å². The van der Waals surface area contributed by atoms with Crippen molar-refractivity contribution in [3.63, 3.8) is 0 Å². The molecule has 0 saturated carbocycles. The second-order valence-electron chi connectivity index (χ2n) is 5.81. The summed E-state index contributed by atoms with van der Waals surface area (Å²) < 4.78 is 0. The molecule has 0 fully saturated rings. The Morgan fingerprint density at radius 1 is 0.762 bits per heavy atom. The van der Waals surface area contributed by atoms with Crippen LogP contribution in [-0.4, -0.2) is 0 Å². The standard InChI is InChI=1S/C21H14/c1-3-7-16-14(5-1)9-10-20-18(16)11-12-19-17-8-4-2-6-15(17)13-21(19)20/h1-13,19H. The fourth-order valence-corrected chi connectivity index (χ4v) is 3.72. The second kappa shape index (κ2) is 3.95. The minimum Gasteiger partial charge on any atom is -0.0720 e. The monoisotopic (exact) mass is 266 g/mol. The zero-order valence-corrected chi connectivity index (χ0v) is 11.6. The molecule has 0 aliphatic heterocycles. The lowest BCUT2D eigenvalue weighted by Crippen LogP contribution is -2.01. The van der Waals surface area contributed by atoms with Gasteiger partial charge in [0, 0.05) is 5.92 Å². The van der Waals surface area contributed by atoms with Gasteiger partial charge < -0.3 is 0 Å². The Bertz CT molecular complexity index is 941. The minimum absolute atomic E-state index is 0.426. The summed E-state index contributed by atoms with van der Waals surface area (Å²) in [5, 5.41) is 2.66. The SMILES string of the molecule is C1=CC2C(=Cc3ccccc32)c2ccc3ccccc3c21. The van der Waals surface area contributed by atoms with Crippen molar-refractivity contribution in [2.75, 3.05) is 0 Å². The molecule has 0 saturated heterocycles. The maximum atomic E-state index is 2.36. The molecule has 21 heavy (non-hydrogen) atoms. The van der Waals surface area contributed by atoms with Crippen molar-refractivity contribution in [2.45, 2.75) is 5.92 Å². The molecule has 0 aromatic heterocycles. The van der Waals surface area contributed by atoms with Crippen LogP contribution in [0, 0.1) is 0 Å². The summed E-state index contributed by atoms with van der Waals surface area (Å²) in [6.07, 6.45) is 7.02. The van der Waals surface area contributed by atoms with Gasteiger partial charge in [-0.25, -0.2) is 0 Å². The van der Waals surface area contributed by atoms with E-state index in [2.05, 4.69) is 78.9 Å². The van der Waals surface area contributed by atoms with Gasteiger partial charge in [0.1, 0.15) is 0 Å². The third kappa shape index (κ3) is 1.45. The molecule has 0 N–H and O–H groups in total. The van der Waals surface area contributed by atoms with Crippen LogP contribution in [0.1, 0.15) is 28.2 Å². The maximum absolute atomic E-state index is 2.36. The molecule has 0 heteroatoms. The summed E-state index contributed by atoms with van der Waals surface area (Å²) in [5.41, 5.74) is 6.99. The van der Waals surface area contributed by atoms with E-state index in [0.717, 1.165) is 0 Å². The first kappa shape index (κ1) is 11.1. The molecule has 3 aromatic rings. The van der Waals surface area contributed by atoms with E-state index in [0.29, 0.717) is 5.92 Å². The van der Waals surface area contributed by atoms with Crippen LogP contribution in [0.2, 0.25) is 0 Å². The van der Waals surface area contributed by atoms with E-state index in [9.17, 15) is 0 Å². The van der Waals surface area contributed by atoms with E-state index >= 15 is 0 Å². The molecule has 1 unspecified atom stereocenters. The normalized spacial score (nSPS) is 18.1. The molecule has 0 heterocycles. The van der Waals surface area contributed by atoms with Crippen LogP contribution in [-0.2, 0) is 0 Å². The Labute approximate surface area is 124 Å². The largest absolute Gasteiger partial charge is 0.0720 e. The van der Waals surface area contributed by atoms with Gasteiger partial charge >= 0.3 is 0 Å². The van der Waals surface area contributed by atoms with Gasteiger partial charge in [-0.15, -0.1) is 0 Å². The lowest BCUT2D eigenvalue weighted by molar-refractivity contribution is 1.12. The van der Waals surface area contributed by atoms with Crippen LogP contribution < -0.4 is 0 Å². The number of allylic oxidation sites excluding steroid dienone is 2. The number of hydrogen-bond donors (Lipinski definition) is 0. The fourth-order valence-electron chi connectivity index (χ4n) is 3.72. The van der Waals surface area contributed by atoms with Crippen molar-refractivity contribution in [1.82, 2.24) is 0 Å². The summed E-state index contributed by atoms with van der Waals surface area (Å²) in [7, 11) is 0. The van der Waals surface area contributed by atoms with Gasteiger partial charge in [-0.3, -0.25) is 0 Å². The number of benzene rings is 3. The highest BCUT2D eigenvalue weighted by Gasteiger charge is 2.28. The topological polar surface area (TPSA) is 0 Å². The molecule has 3 aromatic carbocycles. The predicted octanol–water partition coefficient (Wildman–Crippen LogP) is 5.50. The second-order valence-corrected chi connectivity index (χ2v) is 5.81. The summed E-state index contributed by atoms with van der Waals surface area (Å²) in [6, 6.07) is 21.9. The van der Waals surface area contributed by atoms with Crippen molar-refractivity contribution < 1.29 is 0 Å². The zero-order valence-electron chi connectivity index (χ0n) is 11.6. The van der Waals surface area contributed by atoms with Gasteiger partial charge in [0.2, 0.25) is 0 Å². The molecular formula is C21H14. The van der Waals surface area contributed by atoms with Gasteiger partial charge in [-0.1, -0.05) is 72.8 Å². The highest BCUT2D eigenvalue weighted by atomic mass is 14.3. The number of rotatable bonds is 0. The van der Waals surface area contributed by atoms with Crippen molar-refractivity contribution in [1.29, 1.82) is 0 Å². The van der Waals surface area contributed by atoms with Crippen molar-refractivity contribution in [3.05, 3.63) is 89.0 Å². The van der Waals surface area contributed by atoms with Crippen molar-refractivity contribution >= 4 is 28.5 Å². The molecule has 1 atom stereocenters. The Hall–Kier alpha value is -2.60. The van der Waals surface area contributed by atoms with Crippen molar-refractivity contribution in [2.24, 2.45) is 0 Å². The van der Waals surface area contributed by atoms with Crippen LogP contribution in [0.4, 0.5) is 0 Å². The van der Waals surface area contributed by atoms with E-state index in [1.165, 1.54) is 38.6 Å². The average molecular weight is 266 g/mol. The van der Waals surface area contributed by atoms with Crippen molar-refractivity contribution in [3.8, 4) is 0 Å². The quantitative estimate of drug-likeness (QED) is 0.503. The minimum atomic E-state index is 0.426. The molecule has 0 nitrogen and oxygen atoms in total. The molecule has 5 rings (SSSR count). The molecule has 2 aliphatic rings. The molecule has 0 radical (unpaired) electrons. The maximum Gasteiger partial charge on any atom is 0.0285 e. The summed E-state index contributed by atoms with van der Waals surface area (Å²) >= 11 is 0.